The van der Waals surface area contributed by atoms with Gasteiger partial charge >= 0.3 is 6.09 Å². The summed E-state index contributed by atoms with van der Waals surface area (Å²) in [6.45, 7) is 1.69. The van der Waals surface area contributed by atoms with Gasteiger partial charge in [-0.1, -0.05) is 29.8 Å². The van der Waals surface area contributed by atoms with Crippen molar-refractivity contribution in [3.05, 3.63) is 64.8 Å². The topological polar surface area (TPSA) is 100 Å². The summed E-state index contributed by atoms with van der Waals surface area (Å²) in [5, 5.41) is 8.32. The lowest BCUT2D eigenvalue weighted by atomic mass is 9.98. The Morgan fingerprint density at radius 3 is 2.74 bits per heavy atom. The minimum absolute atomic E-state index is 0.213. The van der Waals surface area contributed by atoms with Crippen molar-refractivity contribution in [1.29, 1.82) is 0 Å². The zero-order valence-corrected chi connectivity index (χ0v) is 15.6. The van der Waals surface area contributed by atoms with Crippen LogP contribution in [0.15, 0.2) is 46.9 Å². The Balaban J connectivity index is 1.96. The average Bonchev–Trinajstić information content (AvgIpc) is 3.05. The highest BCUT2D eigenvalue weighted by atomic mass is 35.5. The first-order valence-electron chi connectivity index (χ1n) is 8.15. The number of nitrogens with zero attached hydrogens (tertiary/aromatic N) is 2. The van der Waals surface area contributed by atoms with Crippen LogP contribution in [0.2, 0.25) is 5.02 Å². The summed E-state index contributed by atoms with van der Waals surface area (Å²) in [5.41, 5.74) is 7.71. The SMILES string of the molecule is COc1cc(Cl)ccc1-c1cccc(C(Cc2nnc(C)o2)OC(N)=O)c1. The van der Waals surface area contributed by atoms with Gasteiger partial charge in [0.25, 0.3) is 0 Å². The molecule has 3 rings (SSSR count). The molecule has 2 aromatic carbocycles. The number of primary amides is 1. The second-order valence-electron chi connectivity index (χ2n) is 5.81. The summed E-state index contributed by atoms with van der Waals surface area (Å²) >= 11 is 6.04. The van der Waals surface area contributed by atoms with E-state index in [1.807, 2.05) is 30.3 Å². The van der Waals surface area contributed by atoms with E-state index in [1.54, 1.807) is 26.2 Å². The number of ether oxygens (including phenoxy) is 2. The van der Waals surface area contributed by atoms with Crippen LogP contribution in [0.3, 0.4) is 0 Å². The molecule has 1 heterocycles. The summed E-state index contributed by atoms with van der Waals surface area (Å²) in [6, 6.07) is 12.9. The Morgan fingerprint density at radius 1 is 1.26 bits per heavy atom. The van der Waals surface area contributed by atoms with E-state index in [4.69, 9.17) is 31.2 Å². The minimum Gasteiger partial charge on any atom is -0.496 e. The van der Waals surface area contributed by atoms with E-state index < -0.39 is 12.2 Å². The Bertz CT molecular complexity index is 958. The van der Waals surface area contributed by atoms with Crippen molar-refractivity contribution in [3.63, 3.8) is 0 Å². The van der Waals surface area contributed by atoms with E-state index in [0.717, 1.165) is 16.7 Å². The third-order valence-electron chi connectivity index (χ3n) is 3.92. The standard InChI is InChI=1S/C19H18ClN3O4/c1-11-22-23-18(26-11)10-16(27-19(21)24)13-5-3-4-12(8-13)15-7-6-14(20)9-17(15)25-2/h3-9,16H,10H2,1-2H3,(H2,21,24). The summed E-state index contributed by atoms with van der Waals surface area (Å²) < 4.78 is 16.1. The van der Waals surface area contributed by atoms with Gasteiger partial charge in [0.05, 0.1) is 13.5 Å². The highest BCUT2D eigenvalue weighted by Crippen LogP contribution is 2.34. The summed E-state index contributed by atoms with van der Waals surface area (Å²) in [6.07, 6.45) is -1.34. The molecular weight excluding hydrogens is 370 g/mol. The number of hydrogen-bond acceptors (Lipinski definition) is 6. The molecule has 1 amide bonds. The summed E-state index contributed by atoms with van der Waals surface area (Å²) in [4.78, 5) is 11.4. The van der Waals surface area contributed by atoms with E-state index in [1.165, 1.54) is 0 Å². The van der Waals surface area contributed by atoms with Crippen molar-refractivity contribution in [2.45, 2.75) is 19.4 Å². The van der Waals surface area contributed by atoms with E-state index in [2.05, 4.69) is 10.2 Å². The van der Waals surface area contributed by atoms with Gasteiger partial charge in [0.1, 0.15) is 11.9 Å². The molecule has 3 aromatic rings. The molecule has 0 aliphatic heterocycles. The van der Waals surface area contributed by atoms with Gasteiger partial charge in [0.15, 0.2) is 0 Å². The van der Waals surface area contributed by atoms with Gasteiger partial charge in [-0.3, -0.25) is 0 Å². The number of aryl methyl sites for hydroxylation is 1. The van der Waals surface area contributed by atoms with Crippen LogP contribution in [-0.2, 0) is 11.2 Å². The molecule has 0 saturated heterocycles. The summed E-state index contributed by atoms with van der Waals surface area (Å²) in [7, 11) is 1.58. The van der Waals surface area contributed by atoms with Gasteiger partial charge < -0.3 is 19.6 Å². The molecule has 27 heavy (non-hydrogen) atoms. The number of nitrogens with two attached hydrogens (primary N) is 1. The molecule has 7 nitrogen and oxygen atoms in total. The zero-order chi connectivity index (χ0) is 19.4. The molecule has 0 aliphatic rings. The molecule has 2 N–H and O–H groups in total. The smallest absolute Gasteiger partial charge is 0.405 e. The van der Waals surface area contributed by atoms with Crippen LogP contribution in [-0.4, -0.2) is 23.4 Å². The second kappa shape index (κ2) is 8.09. The lowest BCUT2D eigenvalue weighted by molar-refractivity contribution is 0.102. The molecule has 0 radical (unpaired) electrons. The van der Waals surface area contributed by atoms with Crippen molar-refractivity contribution < 1.29 is 18.7 Å². The predicted octanol–water partition coefficient (Wildman–Crippen LogP) is 4.09. The normalized spacial score (nSPS) is 11.8. The number of halogens is 1. The van der Waals surface area contributed by atoms with E-state index >= 15 is 0 Å². The van der Waals surface area contributed by atoms with Crippen LogP contribution in [0.5, 0.6) is 5.75 Å². The first-order chi connectivity index (χ1) is 13.0. The fourth-order valence-corrected chi connectivity index (χ4v) is 2.92. The molecule has 0 saturated carbocycles. The first-order valence-corrected chi connectivity index (χ1v) is 8.53. The van der Waals surface area contributed by atoms with Crippen LogP contribution in [0.25, 0.3) is 11.1 Å². The Hall–Kier alpha value is -3.06. The molecule has 0 bridgehead atoms. The van der Waals surface area contributed by atoms with Gasteiger partial charge in [0, 0.05) is 17.5 Å². The van der Waals surface area contributed by atoms with Crippen LogP contribution in [0.4, 0.5) is 4.79 Å². The van der Waals surface area contributed by atoms with E-state index in [9.17, 15) is 4.79 Å². The maximum atomic E-state index is 11.4. The Kier molecular flexibility index (Phi) is 5.61. The van der Waals surface area contributed by atoms with Crippen molar-refractivity contribution in [1.82, 2.24) is 10.2 Å². The number of hydrogen-bond donors (Lipinski definition) is 1. The maximum Gasteiger partial charge on any atom is 0.405 e. The van der Waals surface area contributed by atoms with Crippen molar-refractivity contribution in [3.8, 4) is 16.9 Å². The Morgan fingerprint density at radius 2 is 2.07 bits per heavy atom. The van der Waals surface area contributed by atoms with Crippen molar-refractivity contribution in [2.24, 2.45) is 5.73 Å². The monoisotopic (exact) mass is 387 g/mol. The third kappa shape index (κ3) is 4.57. The van der Waals surface area contributed by atoms with Crippen LogP contribution in [0.1, 0.15) is 23.4 Å². The van der Waals surface area contributed by atoms with Crippen LogP contribution < -0.4 is 10.5 Å². The van der Waals surface area contributed by atoms with Crippen molar-refractivity contribution in [2.75, 3.05) is 7.11 Å². The molecule has 1 aromatic heterocycles. The molecule has 0 spiro atoms. The number of carbonyl (C=O) groups excluding carboxylic acids is 1. The van der Waals surface area contributed by atoms with E-state index in [0.29, 0.717) is 22.6 Å². The third-order valence-corrected chi connectivity index (χ3v) is 4.15. The zero-order valence-electron chi connectivity index (χ0n) is 14.8. The fourth-order valence-electron chi connectivity index (χ4n) is 2.76. The lowest BCUT2D eigenvalue weighted by Crippen LogP contribution is -2.19. The quantitative estimate of drug-likeness (QED) is 0.683. The van der Waals surface area contributed by atoms with Gasteiger partial charge in [-0.25, -0.2) is 4.79 Å². The molecule has 1 unspecified atom stereocenters. The largest absolute Gasteiger partial charge is 0.496 e. The molecule has 8 heteroatoms. The molecule has 0 fully saturated rings. The van der Waals surface area contributed by atoms with E-state index in [-0.39, 0.29) is 6.42 Å². The molecule has 0 aliphatic carbocycles. The minimum atomic E-state index is -0.884. The maximum absolute atomic E-state index is 11.4. The fraction of sp³-hybridized carbons (Fsp3) is 0.211. The number of aromatic nitrogens is 2. The second-order valence-corrected chi connectivity index (χ2v) is 6.25. The van der Waals surface area contributed by atoms with Gasteiger partial charge in [0.2, 0.25) is 11.8 Å². The van der Waals surface area contributed by atoms with Crippen LogP contribution in [0, 0.1) is 6.92 Å². The van der Waals surface area contributed by atoms with Crippen LogP contribution >= 0.6 is 11.6 Å². The Labute approximate surface area is 161 Å². The number of carbonyl (C=O) groups is 1. The van der Waals surface area contributed by atoms with Gasteiger partial charge in [-0.2, -0.15) is 0 Å². The lowest BCUT2D eigenvalue weighted by Gasteiger charge is -2.17. The van der Waals surface area contributed by atoms with Gasteiger partial charge in [-0.05, 0) is 35.4 Å². The highest BCUT2D eigenvalue weighted by molar-refractivity contribution is 6.30. The molecule has 1 atom stereocenters. The predicted molar refractivity (Wildman–Crippen MR) is 99.6 cm³/mol. The summed E-state index contributed by atoms with van der Waals surface area (Å²) in [5.74, 6) is 1.43. The number of methoxy groups -OCH3 is 1. The van der Waals surface area contributed by atoms with Gasteiger partial charge in [-0.15, -0.1) is 10.2 Å². The number of rotatable bonds is 6. The molecule has 140 valence electrons. The molecular formula is C19H18ClN3O4. The van der Waals surface area contributed by atoms with Crippen molar-refractivity contribution >= 4 is 17.7 Å². The average molecular weight is 388 g/mol. The highest BCUT2D eigenvalue weighted by Gasteiger charge is 2.20. The first kappa shape index (κ1) is 18.7. The number of amides is 1. The number of benzene rings is 2.